The van der Waals surface area contributed by atoms with Crippen LogP contribution in [0.15, 0.2) is 11.6 Å². The number of nitrogens with zero attached hydrogens (tertiary/aromatic N) is 2. The Bertz CT molecular complexity index is 652. The first-order valence-corrected chi connectivity index (χ1v) is 7.61. The van der Waals surface area contributed by atoms with Crippen molar-refractivity contribution in [3.8, 4) is 5.75 Å². The predicted molar refractivity (Wildman–Crippen MR) is 83.2 cm³/mol. The third-order valence-electron chi connectivity index (χ3n) is 3.27. The van der Waals surface area contributed by atoms with Crippen molar-refractivity contribution in [2.75, 3.05) is 13.7 Å². The maximum absolute atomic E-state index is 12.3. The molecule has 112 valence electrons. The van der Waals surface area contributed by atoms with Crippen LogP contribution in [-0.2, 0) is 12.8 Å². The number of carbonyl (C=O) groups excluding carboxylic acids is 1. The normalized spacial score (nSPS) is 10.7. The van der Waals surface area contributed by atoms with Crippen LogP contribution in [0.2, 0.25) is 0 Å². The van der Waals surface area contributed by atoms with Gasteiger partial charge in [-0.05, 0) is 20.4 Å². The molecule has 0 unspecified atom stereocenters. The molecule has 5 nitrogen and oxygen atoms in total. The van der Waals surface area contributed by atoms with Gasteiger partial charge in [-0.2, -0.15) is 0 Å². The Morgan fingerprint density at radius 3 is 2.86 bits per heavy atom. The van der Waals surface area contributed by atoms with Crippen LogP contribution in [0.25, 0.3) is 0 Å². The Morgan fingerprint density at radius 2 is 2.19 bits per heavy atom. The van der Waals surface area contributed by atoms with E-state index in [4.69, 9.17) is 10.5 Å². The zero-order chi connectivity index (χ0) is 15.4. The molecule has 0 bridgehead atoms. The molecule has 2 heterocycles. The number of hydrogen-bond donors (Lipinski definition) is 1. The molecule has 0 saturated heterocycles. The third kappa shape index (κ3) is 3.46. The number of carbonyl (C=O) groups is 1. The van der Waals surface area contributed by atoms with Gasteiger partial charge in [0.15, 0.2) is 5.78 Å². The van der Waals surface area contributed by atoms with Crippen LogP contribution < -0.4 is 10.5 Å². The first-order chi connectivity index (χ1) is 10.1. The number of ketones is 1. The second-order valence-electron chi connectivity index (χ2n) is 4.81. The second-order valence-corrected chi connectivity index (χ2v) is 5.75. The molecule has 0 aromatic carbocycles. The summed E-state index contributed by atoms with van der Waals surface area (Å²) in [6, 6.07) is 0. The molecule has 21 heavy (non-hydrogen) atoms. The highest BCUT2D eigenvalue weighted by molar-refractivity contribution is 7.09. The van der Waals surface area contributed by atoms with Crippen LogP contribution in [-0.4, -0.2) is 29.4 Å². The number of aryl methyl sites for hydroxylation is 1. The van der Waals surface area contributed by atoms with E-state index in [0.29, 0.717) is 18.7 Å². The quantitative estimate of drug-likeness (QED) is 0.827. The molecule has 6 heteroatoms. The molecular formula is C15H19N3O2S. The van der Waals surface area contributed by atoms with E-state index in [-0.39, 0.29) is 12.2 Å². The van der Waals surface area contributed by atoms with Crippen molar-refractivity contribution in [1.29, 1.82) is 0 Å². The van der Waals surface area contributed by atoms with Crippen molar-refractivity contribution in [2.45, 2.75) is 26.7 Å². The van der Waals surface area contributed by atoms with Crippen LogP contribution in [0.1, 0.15) is 32.3 Å². The van der Waals surface area contributed by atoms with E-state index in [0.717, 1.165) is 27.6 Å². The Morgan fingerprint density at radius 1 is 1.43 bits per heavy atom. The van der Waals surface area contributed by atoms with Crippen molar-refractivity contribution in [1.82, 2.24) is 9.97 Å². The Balaban J connectivity index is 2.19. The van der Waals surface area contributed by atoms with Gasteiger partial charge in [0.1, 0.15) is 11.4 Å². The first kappa shape index (κ1) is 15.6. The topological polar surface area (TPSA) is 78.1 Å². The van der Waals surface area contributed by atoms with Gasteiger partial charge in [0.2, 0.25) is 0 Å². The Labute approximate surface area is 128 Å². The van der Waals surface area contributed by atoms with Crippen LogP contribution in [0, 0.1) is 13.8 Å². The van der Waals surface area contributed by atoms with Gasteiger partial charge in [0.25, 0.3) is 0 Å². The first-order valence-electron chi connectivity index (χ1n) is 6.73. The number of nitrogens with two attached hydrogens (primary N) is 1. The summed E-state index contributed by atoms with van der Waals surface area (Å²) in [6.45, 7) is 4.39. The van der Waals surface area contributed by atoms with Crippen molar-refractivity contribution >= 4 is 17.1 Å². The number of thiazole rings is 1. The Kier molecular flexibility index (Phi) is 5.03. The SMILES string of the molecule is COc1c(C)cnc(CC(=O)c2csc(CCN)n2)c1C. The van der Waals surface area contributed by atoms with Crippen LogP contribution in [0.3, 0.4) is 0 Å². The fraction of sp³-hybridized carbons (Fsp3) is 0.400. The lowest BCUT2D eigenvalue weighted by Gasteiger charge is -2.11. The van der Waals surface area contributed by atoms with Gasteiger partial charge in [-0.1, -0.05) is 0 Å². The lowest BCUT2D eigenvalue weighted by Crippen LogP contribution is -2.09. The molecule has 0 amide bonds. The summed E-state index contributed by atoms with van der Waals surface area (Å²) >= 11 is 1.47. The summed E-state index contributed by atoms with van der Waals surface area (Å²) < 4.78 is 5.36. The minimum atomic E-state index is -0.0315. The van der Waals surface area contributed by atoms with Crippen LogP contribution in [0.4, 0.5) is 0 Å². The minimum absolute atomic E-state index is 0.0315. The number of methoxy groups -OCH3 is 1. The number of pyridine rings is 1. The number of rotatable bonds is 6. The highest BCUT2D eigenvalue weighted by Gasteiger charge is 2.16. The fourth-order valence-electron chi connectivity index (χ4n) is 2.17. The van der Waals surface area contributed by atoms with Crippen LogP contribution >= 0.6 is 11.3 Å². The third-order valence-corrected chi connectivity index (χ3v) is 4.18. The van der Waals surface area contributed by atoms with E-state index >= 15 is 0 Å². The lowest BCUT2D eigenvalue weighted by molar-refractivity contribution is 0.0987. The zero-order valence-corrected chi connectivity index (χ0v) is 13.3. The van der Waals surface area contributed by atoms with Crippen molar-refractivity contribution in [3.63, 3.8) is 0 Å². The molecule has 0 saturated carbocycles. The number of Topliss-reactive ketones (excluding diaryl/α,β-unsaturated/α-hetero) is 1. The highest BCUT2D eigenvalue weighted by Crippen LogP contribution is 2.25. The smallest absolute Gasteiger partial charge is 0.187 e. The van der Waals surface area contributed by atoms with E-state index in [1.165, 1.54) is 11.3 Å². The lowest BCUT2D eigenvalue weighted by atomic mass is 10.1. The van der Waals surface area contributed by atoms with Gasteiger partial charge in [-0.25, -0.2) is 4.98 Å². The van der Waals surface area contributed by atoms with Crippen molar-refractivity contribution < 1.29 is 9.53 Å². The molecule has 2 aromatic heterocycles. The molecule has 0 aliphatic rings. The summed E-state index contributed by atoms with van der Waals surface area (Å²) in [5.74, 6) is 0.755. The van der Waals surface area contributed by atoms with Crippen molar-refractivity contribution in [3.05, 3.63) is 39.1 Å². The number of aromatic nitrogens is 2. The van der Waals surface area contributed by atoms with Gasteiger partial charge < -0.3 is 10.5 Å². The molecule has 0 atom stereocenters. The Hall–Kier alpha value is -1.79. The molecule has 0 aliphatic carbocycles. The molecule has 0 fully saturated rings. The van der Waals surface area contributed by atoms with E-state index < -0.39 is 0 Å². The average molecular weight is 305 g/mol. The summed E-state index contributed by atoms with van der Waals surface area (Å²) in [7, 11) is 1.63. The predicted octanol–water partition coefficient (Wildman–Crippen LogP) is 2.09. The largest absolute Gasteiger partial charge is 0.496 e. The summed E-state index contributed by atoms with van der Waals surface area (Å²) in [4.78, 5) is 21.0. The average Bonchev–Trinajstić information content (AvgIpc) is 2.92. The monoisotopic (exact) mass is 305 g/mol. The maximum Gasteiger partial charge on any atom is 0.187 e. The number of hydrogen-bond acceptors (Lipinski definition) is 6. The summed E-state index contributed by atoms with van der Waals surface area (Å²) in [5.41, 5.74) is 8.58. The minimum Gasteiger partial charge on any atom is -0.496 e. The van der Waals surface area contributed by atoms with E-state index in [1.54, 1.807) is 18.7 Å². The van der Waals surface area contributed by atoms with Gasteiger partial charge in [0, 0.05) is 29.1 Å². The molecule has 0 radical (unpaired) electrons. The molecule has 2 rings (SSSR count). The van der Waals surface area contributed by atoms with Gasteiger partial charge in [-0.3, -0.25) is 9.78 Å². The van der Waals surface area contributed by atoms with Gasteiger partial charge in [-0.15, -0.1) is 11.3 Å². The highest BCUT2D eigenvalue weighted by atomic mass is 32.1. The second kappa shape index (κ2) is 6.78. The summed E-state index contributed by atoms with van der Waals surface area (Å²) in [5, 5.41) is 2.68. The summed E-state index contributed by atoms with van der Waals surface area (Å²) in [6.07, 6.45) is 2.66. The fourth-order valence-corrected chi connectivity index (χ4v) is 2.99. The van der Waals surface area contributed by atoms with Crippen molar-refractivity contribution in [2.24, 2.45) is 5.73 Å². The van der Waals surface area contributed by atoms with E-state index in [1.807, 2.05) is 13.8 Å². The zero-order valence-electron chi connectivity index (χ0n) is 12.5. The maximum atomic E-state index is 12.3. The van der Waals surface area contributed by atoms with Gasteiger partial charge >= 0.3 is 0 Å². The van der Waals surface area contributed by atoms with E-state index in [9.17, 15) is 4.79 Å². The molecule has 0 aliphatic heterocycles. The molecular weight excluding hydrogens is 286 g/mol. The standard InChI is InChI=1S/C15H19N3O2S/c1-9-7-17-11(10(2)15(9)20-3)6-13(19)12-8-21-14(18-12)4-5-16/h7-8H,4-6,16H2,1-3H3. The molecule has 2 aromatic rings. The van der Waals surface area contributed by atoms with Gasteiger partial charge in [0.05, 0.1) is 24.2 Å². The van der Waals surface area contributed by atoms with Crippen LogP contribution in [0.5, 0.6) is 5.75 Å². The molecule has 0 spiro atoms. The molecule has 2 N–H and O–H groups in total. The number of ether oxygens (including phenoxy) is 1. The van der Waals surface area contributed by atoms with E-state index in [2.05, 4.69) is 9.97 Å².